The molecule has 0 aromatic carbocycles. The third kappa shape index (κ3) is 4.41. The molecule has 0 saturated heterocycles. The lowest BCUT2D eigenvalue weighted by Crippen LogP contribution is -2.47. The van der Waals surface area contributed by atoms with Crippen LogP contribution in [0.5, 0.6) is 0 Å². The molecule has 0 fully saturated rings. The minimum atomic E-state index is 0.581. The summed E-state index contributed by atoms with van der Waals surface area (Å²) >= 11 is 1.85. The first kappa shape index (κ1) is 14.7. The van der Waals surface area contributed by atoms with Gasteiger partial charge in [-0.2, -0.15) is 0 Å². The van der Waals surface area contributed by atoms with Gasteiger partial charge in [0.05, 0.1) is 0 Å². The van der Waals surface area contributed by atoms with E-state index in [1.165, 1.54) is 4.88 Å². The van der Waals surface area contributed by atoms with Crippen LogP contribution in [0.2, 0.25) is 0 Å². The van der Waals surface area contributed by atoms with Crippen molar-refractivity contribution in [1.29, 1.82) is 0 Å². The molecule has 1 N–H and O–H groups in total. The van der Waals surface area contributed by atoms with Crippen LogP contribution < -0.4 is 5.32 Å². The molecule has 0 aliphatic carbocycles. The van der Waals surface area contributed by atoms with Crippen LogP contribution in [0.3, 0.4) is 0 Å². The third-order valence-electron chi connectivity index (χ3n) is 3.19. The minimum Gasteiger partial charge on any atom is -0.318 e. The summed E-state index contributed by atoms with van der Waals surface area (Å²) in [7, 11) is 2.04. The van der Waals surface area contributed by atoms with Gasteiger partial charge in [-0.15, -0.1) is 11.3 Å². The van der Waals surface area contributed by atoms with E-state index in [2.05, 4.69) is 55.4 Å². The fraction of sp³-hybridized carbons (Fsp3) is 0.714. The normalized spacial score (nSPS) is 13.9. The Hall–Kier alpha value is -0.380. The zero-order chi connectivity index (χ0) is 12.8. The second-order valence-electron chi connectivity index (χ2n) is 5.21. The number of thiophene rings is 1. The second kappa shape index (κ2) is 7.14. The van der Waals surface area contributed by atoms with Crippen molar-refractivity contribution in [2.75, 3.05) is 13.6 Å². The van der Waals surface area contributed by atoms with Crippen molar-refractivity contribution in [3.8, 4) is 0 Å². The Morgan fingerprint density at radius 2 is 2.00 bits per heavy atom. The van der Waals surface area contributed by atoms with Gasteiger partial charge < -0.3 is 5.32 Å². The van der Waals surface area contributed by atoms with Gasteiger partial charge in [0.25, 0.3) is 0 Å². The Kier molecular flexibility index (Phi) is 6.17. The van der Waals surface area contributed by atoms with E-state index in [0.29, 0.717) is 18.0 Å². The van der Waals surface area contributed by atoms with E-state index < -0.39 is 0 Å². The predicted molar refractivity (Wildman–Crippen MR) is 77.6 cm³/mol. The average molecular weight is 254 g/mol. The van der Waals surface area contributed by atoms with Crippen molar-refractivity contribution in [3.05, 3.63) is 22.4 Å². The third-order valence-corrected chi connectivity index (χ3v) is 4.05. The van der Waals surface area contributed by atoms with E-state index in [1.54, 1.807) is 0 Å². The highest BCUT2D eigenvalue weighted by Gasteiger charge is 2.23. The molecule has 1 unspecified atom stereocenters. The first-order valence-electron chi connectivity index (χ1n) is 6.49. The van der Waals surface area contributed by atoms with Crippen LogP contribution in [-0.2, 0) is 6.54 Å². The summed E-state index contributed by atoms with van der Waals surface area (Å²) in [6, 6.07) is 5.55. The topological polar surface area (TPSA) is 15.3 Å². The van der Waals surface area contributed by atoms with Crippen LogP contribution in [0.1, 0.15) is 32.6 Å². The maximum atomic E-state index is 3.33. The van der Waals surface area contributed by atoms with Gasteiger partial charge >= 0.3 is 0 Å². The molecule has 1 aromatic heterocycles. The van der Waals surface area contributed by atoms with Gasteiger partial charge in [-0.25, -0.2) is 0 Å². The van der Waals surface area contributed by atoms with Crippen LogP contribution in [0.15, 0.2) is 17.5 Å². The van der Waals surface area contributed by atoms with Gasteiger partial charge in [0.1, 0.15) is 0 Å². The van der Waals surface area contributed by atoms with Crippen molar-refractivity contribution in [1.82, 2.24) is 10.2 Å². The lowest BCUT2D eigenvalue weighted by atomic mass is 10.0. The monoisotopic (exact) mass is 254 g/mol. The molecule has 0 aliphatic heterocycles. The number of likely N-dealkylation sites (N-methyl/N-ethyl adjacent to an activating group) is 1. The molecule has 1 aromatic rings. The van der Waals surface area contributed by atoms with Crippen LogP contribution in [-0.4, -0.2) is 30.6 Å². The van der Waals surface area contributed by atoms with Gasteiger partial charge in [0.15, 0.2) is 0 Å². The smallest absolute Gasteiger partial charge is 0.0334 e. The number of nitrogens with one attached hydrogen (secondary N) is 1. The molecule has 0 saturated carbocycles. The average Bonchev–Trinajstić information content (AvgIpc) is 2.75. The SMILES string of the molecule is CNCC(C(C)C)N(Cc1cccs1)C(C)C. The maximum absolute atomic E-state index is 3.33. The first-order valence-corrected chi connectivity index (χ1v) is 7.37. The van der Waals surface area contributed by atoms with Crippen LogP contribution >= 0.6 is 11.3 Å². The van der Waals surface area contributed by atoms with Gasteiger partial charge in [0, 0.05) is 30.1 Å². The Morgan fingerprint density at radius 1 is 1.29 bits per heavy atom. The molecule has 2 nitrogen and oxygen atoms in total. The van der Waals surface area contributed by atoms with E-state index in [9.17, 15) is 0 Å². The van der Waals surface area contributed by atoms with E-state index in [-0.39, 0.29) is 0 Å². The summed E-state index contributed by atoms with van der Waals surface area (Å²) in [5.41, 5.74) is 0. The Morgan fingerprint density at radius 3 is 2.41 bits per heavy atom. The van der Waals surface area contributed by atoms with Crippen molar-refractivity contribution in [2.24, 2.45) is 5.92 Å². The fourth-order valence-corrected chi connectivity index (χ4v) is 2.92. The Bertz CT molecular complexity index is 293. The molecule has 0 aliphatic rings. The molecule has 0 spiro atoms. The summed E-state index contributed by atoms with van der Waals surface area (Å²) in [4.78, 5) is 4.06. The summed E-state index contributed by atoms with van der Waals surface area (Å²) in [5, 5.41) is 5.49. The lowest BCUT2D eigenvalue weighted by Gasteiger charge is -2.37. The quantitative estimate of drug-likeness (QED) is 0.804. The Labute approximate surface area is 110 Å². The second-order valence-corrected chi connectivity index (χ2v) is 6.25. The standard InChI is InChI=1S/C14H26N2S/c1-11(2)14(9-15-5)16(12(3)4)10-13-7-6-8-17-13/h6-8,11-12,14-15H,9-10H2,1-5H3. The highest BCUT2D eigenvalue weighted by atomic mass is 32.1. The molecule has 1 rings (SSSR count). The zero-order valence-corrected chi connectivity index (χ0v) is 12.6. The lowest BCUT2D eigenvalue weighted by molar-refractivity contribution is 0.110. The number of nitrogens with zero attached hydrogens (tertiary/aromatic N) is 1. The number of hydrogen-bond donors (Lipinski definition) is 1. The van der Waals surface area contributed by atoms with Crippen molar-refractivity contribution in [3.63, 3.8) is 0 Å². The van der Waals surface area contributed by atoms with Crippen LogP contribution in [0.25, 0.3) is 0 Å². The molecule has 1 heterocycles. The molecule has 98 valence electrons. The highest BCUT2D eigenvalue weighted by Crippen LogP contribution is 2.20. The highest BCUT2D eigenvalue weighted by molar-refractivity contribution is 7.09. The molecule has 1 atom stereocenters. The van der Waals surface area contributed by atoms with E-state index in [1.807, 2.05) is 18.4 Å². The number of hydrogen-bond acceptors (Lipinski definition) is 3. The van der Waals surface area contributed by atoms with Crippen molar-refractivity contribution in [2.45, 2.75) is 46.3 Å². The van der Waals surface area contributed by atoms with Gasteiger partial charge in [-0.1, -0.05) is 19.9 Å². The molecule has 0 radical (unpaired) electrons. The van der Waals surface area contributed by atoms with Gasteiger partial charge in [-0.3, -0.25) is 4.90 Å². The van der Waals surface area contributed by atoms with Crippen LogP contribution in [0, 0.1) is 5.92 Å². The molecular formula is C14H26N2S. The van der Waals surface area contributed by atoms with Crippen LogP contribution in [0.4, 0.5) is 0 Å². The molecule has 0 amide bonds. The number of rotatable bonds is 7. The minimum absolute atomic E-state index is 0.581. The molecule has 17 heavy (non-hydrogen) atoms. The van der Waals surface area contributed by atoms with Crippen molar-refractivity contribution < 1.29 is 0 Å². The van der Waals surface area contributed by atoms with E-state index in [4.69, 9.17) is 0 Å². The fourth-order valence-electron chi connectivity index (χ4n) is 2.21. The van der Waals surface area contributed by atoms with Crippen molar-refractivity contribution >= 4 is 11.3 Å². The van der Waals surface area contributed by atoms with E-state index in [0.717, 1.165) is 13.1 Å². The predicted octanol–water partition coefficient (Wildman–Crippen LogP) is 3.20. The Balaban J connectivity index is 2.75. The largest absolute Gasteiger partial charge is 0.318 e. The molecule has 0 bridgehead atoms. The zero-order valence-electron chi connectivity index (χ0n) is 11.7. The van der Waals surface area contributed by atoms with Gasteiger partial charge in [-0.05, 0) is 38.3 Å². The first-order chi connectivity index (χ1) is 8.06. The summed E-state index contributed by atoms with van der Waals surface area (Å²) in [6.07, 6.45) is 0. The summed E-state index contributed by atoms with van der Waals surface area (Å²) in [5.74, 6) is 0.671. The summed E-state index contributed by atoms with van der Waals surface area (Å²) < 4.78 is 0. The summed E-state index contributed by atoms with van der Waals surface area (Å²) in [6.45, 7) is 11.3. The van der Waals surface area contributed by atoms with E-state index >= 15 is 0 Å². The van der Waals surface area contributed by atoms with Gasteiger partial charge in [0.2, 0.25) is 0 Å². The maximum Gasteiger partial charge on any atom is 0.0334 e. The molecular weight excluding hydrogens is 228 g/mol. The molecule has 3 heteroatoms.